The topological polar surface area (TPSA) is 59.1 Å². The number of carbonyl (C=O) groups is 1. The zero-order valence-corrected chi connectivity index (χ0v) is 20.1. The van der Waals surface area contributed by atoms with Gasteiger partial charge in [-0.2, -0.15) is 0 Å². The molecule has 2 aliphatic heterocycles. The van der Waals surface area contributed by atoms with Crippen molar-refractivity contribution in [1.82, 2.24) is 10.2 Å². The maximum absolute atomic E-state index is 13.1. The first-order chi connectivity index (χ1) is 17.2. The van der Waals surface area contributed by atoms with Gasteiger partial charge in [-0.3, -0.25) is 9.69 Å². The molecule has 0 aromatic heterocycles. The Bertz CT molecular complexity index is 1110. The van der Waals surface area contributed by atoms with Crippen LogP contribution in [0, 0.1) is 0 Å². The van der Waals surface area contributed by atoms with Crippen LogP contribution in [0.1, 0.15) is 27.6 Å². The molecule has 3 aromatic rings. The van der Waals surface area contributed by atoms with Crippen LogP contribution in [0.3, 0.4) is 0 Å². The van der Waals surface area contributed by atoms with Gasteiger partial charge in [0.15, 0.2) is 5.78 Å². The molecule has 6 nitrogen and oxygen atoms in total. The molecule has 0 radical (unpaired) electrons. The Morgan fingerprint density at radius 3 is 2.09 bits per heavy atom. The Kier molecular flexibility index (Phi) is 7.42. The average Bonchev–Trinajstić information content (AvgIpc) is 2.94. The van der Waals surface area contributed by atoms with Crippen molar-refractivity contribution in [2.75, 3.05) is 62.2 Å². The molecule has 3 aromatic carbocycles. The first-order valence-electron chi connectivity index (χ1n) is 12.6. The summed E-state index contributed by atoms with van der Waals surface area (Å²) >= 11 is 0. The van der Waals surface area contributed by atoms with Crippen molar-refractivity contribution in [1.29, 1.82) is 0 Å². The second-order valence-corrected chi connectivity index (χ2v) is 9.35. The number of hydrogen-bond donors (Lipinski definition) is 2. The van der Waals surface area contributed by atoms with Crippen molar-refractivity contribution in [3.05, 3.63) is 95.6 Å². The van der Waals surface area contributed by atoms with Crippen LogP contribution in [0.4, 0.5) is 11.4 Å². The number of piperazine rings is 2. The highest BCUT2D eigenvalue weighted by molar-refractivity contribution is 6.00. The van der Waals surface area contributed by atoms with Gasteiger partial charge in [-0.15, -0.1) is 0 Å². The lowest BCUT2D eigenvalue weighted by Crippen LogP contribution is -2.46. The van der Waals surface area contributed by atoms with Crippen LogP contribution in [0.2, 0.25) is 0 Å². The number of Topliss-reactive ketones (excluding diaryl/α,β-unsaturated/α-hetero) is 1. The number of nitrogens with one attached hydrogen (secondary N) is 1. The fourth-order valence-electron chi connectivity index (χ4n) is 5.06. The van der Waals surface area contributed by atoms with Gasteiger partial charge in [0.1, 0.15) is 6.10 Å². The van der Waals surface area contributed by atoms with E-state index in [1.54, 1.807) is 12.1 Å². The Hall–Kier alpha value is -3.19. The van der Waals surface area contributed by atoms with Crippen LogP contribution in [0.5, 0.6) is 0 Å². The Morgan fingerprint density at radius 1 is 0.771 bits per heavy atom. The fraction of sp³-hybridized carbons (Fsp3) is 0.345. The lowest BCUT2D eigenvalue weighted by Gasteiger charge is -2.37. The molecule has 0 amide bonds. The molecular formula is C29H34N4O2. The van der Waals surface area contributed by atoms with Gasteiger partial charge in [0, 0.05) is 75.8 Å². The Morgan fingerprint density at radius 2 is 1.40 bits per heavy atom. The lowest BCUT2D eigenvalue weighted by molar-refractivity contribution is 0.0744. The Labute approximate surface area is 207 Å². The van der Waals surface area contributed by atoms with Crippen molar-refractivity contribution in [2.45, 2.75) is 12.6 Å². The first-order valence-corrected chi connectivity index (χ1v) is 12.6. The summed E-state index contributed by atoms with van der Waals surface area (Å²) in [6.45, 7) is 8.37. The number of para-hydroxylation sites is 1. The summed E-state index contributed by atoms with van der Waals surface area (Å²) in [4.78, 5) is 20.3. The monoisotopic (exact) mass is 470 g/mol. The molecule has 2 heterocycles. The number of rotatable bonds is 7. The summed E-state index contributed by atoms with van der Waals surface area (Å²) in [7, 11) is 0. The normalized spacial score (nSPS) is 17.9. The number of aliphatic hydroxyl groups excluding tert-OH is 1. The number of ketones is 1. The van der Waals surface area contributed by atoms with E-state index in [-0.39, 0.29) is 5.78 Å². The van der Waals surface area contributed by atoms with Gasteiger partial charge in [-0.25, -0.2) is 0 Å². The van der Waals surface area contributed by atoms with E-state index in [0.29, 0.717) is 11.1 Å². The summed E-state index contributed by atoms with van der Waals surface area (Å²) in [6.07, 6.45) is -1.17. The zero-order valence-electron chi connectivity index (χ0n) is 20.1. The van der Waals surface area contributed by atoms with E-state index in [1.165, 1.54) is 5.69 Å². The first kappa shape index (κ1) is 23.5. The molecule has 2 fully saturated rings. The predicted molar refractivity (Wildman–Crippen MR) is 141 cm³/mol. The van der Waals surface area contributed by atoms with Crippen LogP contribution in [-0.4, -0.2) is 68.1 Å². The number of benzene rings is 3. The van der Waals surface area contributed by atoms with Crippen LogP contribution < -0.4 is 15.1 Å². The highest BCUT2D eigenvalue weighted by Gasteiger charge is 2.25. The summed E-state index contributed by atoms with van der Waals surface area (Å²) < 4.78 is 0. The van der Waals surface area contributed by atoms with E-state index in [1.807, 2.05) is 24.3 Å². The quantitative estimate of drug-likeness (QED) is 0.517. The van der Waals surface area contributed by atoms with Gasteiger partial charge in [-0.05, 0) is 35.4 Å². The number of aliphatic hydroxyl groups is 1. The SMILES string of the molecule is O=C(c1ccccc1)C(O)c1ccc(N2CCNCC2)cc1CN1CCN(c2ccccc2)CC1. The number of carbonyl (C=O) groups excluding carboxylic acids is 1. The third-order valence-electron chi connectivity index (χ3n) is 7.10. The predicted octanol–water partition coefficient (Wildman–Crippen LogP) is 3.33. The maximum Gasteiger partial charge on any atom is 0.195 e. The minimum absolute atomic E-state index is 0.254. The minimum Gasteiger partial charge on any atom is -0.380 e. The van der Waals surface area contributed by atoms with E-state index in [2.05, 4.69) is 62.5 Å². The lowest BCUT2D eigenvalue weighted by atomic mass is 9.94. The number of nitrogens with zero attached hydrogens (tertiary/aromatic N) is 3. The van der Waals surface area contributed by atoms with E-state index >= 15 is 0 Å². The van der Waals surface area contributed by atoms with E-state index in [9.17, 15) is 9.90 Å². The van der Waals surface area contributed by atoms with Crippen molar-refractivity contribution in [2.24, 2.45) is 0 Å². The molecule has 0 spiro atoms. The second kappa shape index (κ2) is 11.0. The molecular weight excluding hydrogens is 436 g/mol. The third kappa shape index (κ3) is 5.56. The van der Waals surface area contributed by atoms with Gasteiger partial charge in [0.25, 0.3) is 0 Å². The van der Waals surface area contributed by atoms with Crippen molar-refractivity contribution >= 4 is 17.2 Å². The second-order valence-electron chi connectivity index (χ2n) is 9.35. The molecule has 2 N–H and O–H groups in total. The van der Waals surface area contributed by atoms with Crippen LogP contribution >= 0.6 is 0 Å². The van der Waals surface area contributed by atoms with E-state index < -0.39 is 6.10 Å². The molecule has 35 heavy (non-hydrogen) atoms. The Balaban J connectivity index is 1.36. The maximum atomic E-state index is 13.1. The number of hydrogen-bond acceptors (Lipinski definition) is 6. The minimum atomic E-state index is -1.17. The summed E-state index contributed by atoms with van der Waals surface area (Å²) in [5.74, 6) is -0.254. The van der Waals surface area contributed by atoms with Crippen LogP contribution in [-0.2, 0) is 6.54 Å². The molecule has 182 valence electrons. The standard InChI is InChI=1S/C29H34N4O2/c34-28(23-7-3-1-4-8-23)29(35)27-12-11-26(32-15-13-30-14-16-32)21-24(27)22-31-17-19-33(20-18-31)25-9-5-2-6-10-25/h1-12,21,29-30,35H,13-20,22H2. The van der Waals surface area contributed by atoms with Crippen LogP contribution in [0.25, 0.3) is 0 Å². The highest BCUT2D eigenvalue weighted by atomic mass is 16.3. The average molecular weight is 471 g/mol. The molecule has 0 saturated carbocycles. The highest BCUT2D eigenvalue weighted by Crippen LogP contribution is 2.29. The van der Waals surface area contributed by atoms with E-state index in [4.69, 9.17) is 0 Å². The van der Waals surface area contributed by atoms with Crippen LogP contribution in [0.15, 0.2) is 78.9 Å². The van der Waals surface area contributed by atoms with E-state index in [0.717, 1.165) is 70.2 Å². The smallest absolute Gasteiger partial charge is 0.195 e. The fourth-order valence-corrected chi connectivity index (χ4v) is 5.06. The van der Waals surface area contributed by atoms with Crippen molar-refractivity contribution in [3.8, 4) is 0 Å². The molecule has 6 heteroatoms. The molecule has 1 atom stereocenters. The van der Waals surface area contributed by atoms with Gasteiger partial charge in [-0.1, -0.05) is 54.6 Å². The largest absolute Gasteiger partial charge is 0.380 e. The zero-order chi connectivity index (χ0) is 24.0. The van der Waals surface area contributed by atoms with Gasteiger partial charge >= 0.3 is 0 Å². The van der Waals surface area contributed by atoms with Gasteiger partial charge in [0.05, 0.1) is 0 Å². The van der Waals surface area contributed by atoms with Crippen molar-refractivity contribution < 1.29 is 9.90 Å². The number of anilines is 2. The molecule has 1 unspecified atom stereocenters. The molecule has 2 saturated heterocycles. The molecule has 0 bridgehead atoms. The van der Waals surface area contributed by atoms with Crippen molar-refractivity contribution in [3.63, 3.8) is 0 Å². The molecule has 0 aliphatic carbocycles. The summed E-state index contributed by atoms with van der Waals surface area (Å²) in [5, 5.41) is 14.6. The van der Waals surface area contributed by atoms with Gasteiger partial charge < -0.3 is 20.2 Å². The summed E-state index contributed by atoms with van der Waals surface area (Å²) in [5.41, 5.74) is 4.70. The summed E-state index contributed by atoms with van der Waals surface area (Å²) in [6, 6.07) is 25.8. The van der Waals surface area contributed by atoms with Gasteiger partial charge in [0.2, 0.25) is 0 Å². The molecule has 5 rings (SSSR count). The third-order valence-corrected chi connectivity index (χ3v) is 7.10. The molecule has 2 aliphatic rings.